The molecule has 0 unspecified atom stereocenters. The van der Waals surface area contributed by atoms with Gasteiger partial charge in [0.25, 0.3) is 5.91 Å². The minimum absolute atomic E-state index is 0.0416. The number of aromatic nitrogens is 2. The third-order valence-corrected chi connectivity index (χ3v) is 6.11. The van der Waals surface area contributed by atoms with E-state index in [4.69, 9.17) is 14.2 Å². The molecule has 0 aliphatic heterocycles. The van der Waals surface area contributed by atoms with Crippen LogP contribution in [0.1, 0.15) is 42.4 Å². The van der Waals surface area contributed by atoms with E-state index in [9.17, 15) is 9.59 Å². The number of ether oxygens (including phenoxy) is 1. The molecule has 0 radical (unpaired) electrons. The second kappa shape index (κ2) is 8.10. The number of nitrogens with zero attached hydrogens (tertiary/aromatic N) is 2. The summed E-state index contributed by atoms with van der Waals surface area (Å²) in [6.45, 7) is 1.39. The first-order chi connectivity index (χ1) is 13.6. The Labute approximate surface area is 166 Å². The fourth-order valence-corrected chi connectivity index (χ4v) is 4.77. The van der Waals surface area contributed by atoms with Gasteiger partial charge in [-0.05, 0) is 31.9 Å². The van der Waals surface area contributed by atoms with Crippen molar-refractivity contribution >= 4 is 39.2 Å². The van der Waals surface area contributed by atoms with Gasteiger partial charge in [0.2, 0.25) is 0 Å². The van der Waals surface area contributed by atoms with Gasteiger partial charge in [-0.3, -0.25) is 9.59 Å². The number of para-hydroxylation sites is 1. The number of aryl methyl sites for hydroxylation is 1. The maximum Gasteiger partial charge on any atom is 0.310 e. The highest BCUT2D eigenvalue weighted by atomic mass is 32.1. The molecule has 1 aromatic carbocycles. The number of hydrogen-bond donors (Lipinski definition) is 1. The second-order valence-corrected chi connectivity index (χ2v) is 8.06. The summed E-state index contributed by atoms with van der Waals surface area (Å²) in [5.74, 6) is -0.0995. The van der Waals surface area contributed by atoms with Crippen LogP contribution in [0.5, 0.6) is 0 Å². The van der Waals surface area contributed by atoms with Crippen molar-refractivity contribution in [1.82, 2.24) is 10.1 Å². The van der Waals surface area contributed by atoms with Gasteiger partial charge in [0.1, 0.15) is 5.76 Å². The largest absolute Gasteiger partial charge is 0.455 e. The van der Waals surface area contributed by atoms with Crippen LogP contribution in [0.25, 0.3) is 10.2 Å². The first kappa shape index (κ1) is 18.6. The molecule has 28 heavy (non-hydrogen) atoms. The zero-order valence-electron chi connectivity index (χ0n) is 15.5. The summed E-state index contributed by atoms with van der Waals surface area (Å²) >= 11 is 1.64. The molecule has 7 nitrogen and oxygen atoms in total. The molecule has 1 fully saturated rings. The zero-order valence-corrected chi connectivity index (χ0v) is 16.3. The summed E-state index contributed by atoms with van der Waals surface area (Å²) in [4.78, 5) is 29.4. The van der Waals surface area contributed by atoms with Gasteiger partial charge in [-0.2, -0.15) is 0 Å². The van der Waals surface area contributed by atoms with Gasteiger partial charge < -0.3 is 14.6 Å². The highest BCUT2D eigenvalue weighted by molar-refractivity contribution is 7.18. The average Bonchev–Trinajstić information content (AvgIpc) is 3.32. The number of fused-ring (bicyclic) bond motifs is 1. The standard InChI is InChI=1S/C20H21N3O4S/c1-12-10-17(23-27-12)22-18(24)11-26-20(25)14-7-3-2-6-13(14)19-21-15-8-4-5-9-16(15)28-19/h4-5,8-10,13-14H,2-3,6-7,11H2,1H3,(H,22,23,24)/t13-,14-/m1/s1. The van der Waals surface area contributed by atoms with E-state index in [1.54, 1.807) is 24.3 Å². The Balaban J connectivity index is 1.40. The number of carbonyl (C=O) groups is 2. The third-order valence-electron chi connectivity index (χ3n) is 4.94. The van der Waals surface area contributed by atoms with Gasteiger partial charge in [0, 0.05) is 12.0 Å². The van der Waals surface area contributed by atoms with Gasteiger partial charge in [0.05, 0.1) is 21.1 Å². The van der Waals surface area contributed by atoms with E-state index in [1.165, 1.54) is 0 Å². The highest BCUT2D eigenvalue weighted by Crippen LogP contribution is 2.41. The van der Waals surface area contributed by atoms with Gasteiger partial charge in [-0.15, -0.1) is 11.3 Å². The van der Waals surface area contributed by atoms with Crippen molar-refractivity contribution in [3.63, 3.8) is 0 Å². The zero-order chi connectivity index (χ0) is 19.5. The van der Waals surface area contributed by atoms with Crippen molar-refractivity contribution in [2.75, 3.05) is 11.9 Å². The SMILES string of the molecule is Cc1cc(NC(=O)COC(=O)[C@@H]2CCCC[C@H]2c2nc3ccccc3s2)no1. The summed E-state index contributed by atoms with van der Waals surface area (Å²) in [6.07, 6.45) is 3.70. The van der Waals surface area contributed by atoms with Gasteiger partial charge in [-0.1, -0.05) is 30.1 Å². The van der Waals surface area contributed by atoms with Crippen molar-refractivity contribution in [3.05, 3.63) is 41.1 Å². The molecule has 2 heterocycles. The Morgan fingerprint density at radius 1 is 1.29 bits per heavy atom. The Morgan fingerprint density at radius 3 is 2.89 bits per heavy atom. The molecular weight excluding hydrogens is 378 g/mol. The third kappa shape index (κ3) is 4.06. The quantitative estimate of drug-likeness (QED) is 0.651. The van der Waals surface area contributed by atoms with Gasteiger partial charge >= 0.3 is 5.97 Å². The minimum atomic E-state index is -0.436. The molecule has 0 spiro atoms. The molecule has 1 aliphatic rings. The highest BCUT2D eigenvalue weighted by Gasteiger charge is 2.35. The Bertz CT molecular complexity index is 963. The number of amides is 1. The first-order valence-corrected chi connectivity index (χ1v) is 10.2. The van der Waals surface area contributed by atoms with E-state index >= 15 is 0 Å². The van der Waals surface area contributed by atoms with Crippen LogP contribution in [-0.2, 0) is 14.3 Å². The smallest absolute Gasteiger partial charge is 0.310 e. The summed E-state index contributed by atoms with van der Waals surface area (Å²) in [5.41, 5.74) is 0.961. The molecule has 8 heteroatoms. The number of thiazole rings is 1. The summed E-state index contributed by atoms with van der Waals surface area (Å²) in [7, 11) is 0. The van der Waals surface area contributed by atoms with Crippen LogP contribution in [0.2, 0.25) is 0 Å². The molecule has 1 N–H and O–H groups in total. The molecule has 4 rings (SSSR count). The summed E-state index contributed by atoms with van der Waals surface area (Å²) < 4.78 is 11.3. The van der Waals surface area contributed by atoms with E-state index < -0.39 is 5.91 Å². The number of nitrogens with one attached hydrogen (secondary N) is 1. The number of anilines is 1. The van der Waals surface area contributed by atoms with Crippen molar-refractivity contribution < 1.29 is 18.8 Å². The van der Waals surface area contributed by atoms with E-state index in [0.29, 0.717) is 11.6 Å². The Hall–Kier alpha value is -2.74. The number of hydrogen-bond acceptors (Lipinski definition) is 7. The maximum absolute atomic E-state index is 12.7. The second-order valence-electron chi connectivity index (χ2n) is 7.00. The lowest BCUT2D eigenvalue weighted by Gasteiger charge is -2.28. The van der Waals surface area contributed by atoms with Crippen molar-refractivity contribution in [1.29, 1.82) is 0 Å². The number of benzene rings is 1. The Kier molecular flexibility index (Phi) is 5.38. The number of rotatable bonds is 5. The lowest BCUT2D eigenvalue weighted by Crippen LogP contribution is -2.30. The lowest BCUT2D eigenvalue weighted by atomic mass is 9.79. The average molecular weight is 399 g/mol. The Morgan fingerprint density at radius 2 is 2.11 bits per heavy atom. The fraction of sp³-hybridized carbons (Fsp3) is 0.400. The molecule has 1 saturated carbocycles. The van der Waals surface area contributed by atoms with Crippen LogP contribution in [0, 0.1) is 12.8 Å². The van der Waals surface area contributed by atoms with Gasteiger partial charge in [-0.25, -0.2) is 4.98 Å². The molecule has 0 saturated heterocycles. The molecule has 3 aromatic rings. The van der Waals surface area contributed by atoms with Crippen LogP contribution < -0.4 is 5.32 Å². The molecule has 1 amide bonds. The van der Waals surface area contributed by atoms with Crippen LogP contribution in [0.15, 0.2) is 34.9 Å². The topological polar surface area (TPSA) is 94.3 Å². The van der Waals surface area contributed by atoms with E-state index in [0.717, 1.165) is 40.9 Å². The van der Waals surface area contributed by atoms with Crippen LogP contribution in [0.4, 0.5) is 5.82 Å². The summed E-state index contributed by atoms with van der Waals surface area (Å²) in [5, 5.41) is 7.22. The van der Waals surface area contributed by atoms with Gasteiger partial charge in [0.15, 0.2) is 12.4 Å². The van der Waals surface area contributed by atoms with E-state index in [1.807, 2.05) is 24.3 Å². The molecule has 2 atom stereocenters. The summed E-state index contributed by atoms with van der Waals surface area (Å²) in [6, 6.07) is 9.59. The monoisotopic (exact) mass is 399 g/mol. The number of carbonyl (C=O) groups excluding carboxylic acids is 2. The van der Waals surface area contributed by atoms with E-state index in [-0.39, 0.29) is 24.4 Å². The molecule has 2 aromatic heterocycles. The molecule has 1 aliphatic carbocycles. The van der Waals surface area contributed by atoms with E-state index in [2.05, 4.69) is 10.5 Å². The van der Waals surface area contributed by atoms with Crippen LogP contribution >= 0.6 is 11.3 Å². The number of esters is 1. The molecule has 0 bridgehead atoms. The fourth-order valence-electron chi connectivity index (χ4n) is 3.61. The predicted molar refractivity (Wildman–Crippen MR) is 105 cm³/mol. The first-order valence-electron chi connectivity index (χ1n) is 9.35. The normalized spacial score (nSPS) is 19.5. The van der Waals surface area contributed by atoms with Crippen molar-refractivity contribution in [2.45, 2.75) is 38.5 Å². The molecule has 146 valence electrons. The van der Waals surface area contributed by atoms with Crippen LogP contribution in [-0.4, -0.2) is 28.6 Å². The maximum atomic E-state index is 12.7. The predicted octanol–water partition coefficient (Wildman–Crippen LogP) is 4.05. The van der Waals surface area contributed by atoms with Crippen molar-refractivity contribution in [2.24, 2.45) is 5.92 Å². The molecular formula is C20H21N3O4S. The van der Waals surface area contributed by atoms with Crippen LogP contribution in [0.3, 0.4) is 0 Å². The minimum Gasteiger partial charge on any atom is -0.455 e. The lowest BCUT2D eigenvalue weighted by molar-refractivity contribution is -0.153. The van der Waals surface area contributed by atoms with Crippen molar-refractivity contribution in [3.8, 4) is 0 Å².